The summed E-state index contributed by atoms with van der Waals surface area (Å²) < 4.78 is 0. The fourth-order valence-corrected chi connectivity index (χ4v) is 0.604. The molecule has 0 radical (unpaired) electrons. The number of hydrogen-bond donors (Lipinski definition) is 1. The Balaban J connectivity index is 0.000001000. The molecule has 0 spiro atoms. The summed E-state index contributed by atoms with van der Waals surface area (Å²) >= 11 is 0. The quantitative estimate of drug-likeness (QED) is 0.575. The molecule has 1 amide bonds. The van der Waals surface area contributed by atoms with Crippen molar-refractivity contribution < 1.29 is 63.0 Å². The molecule has 1 N–H and O–H groups in total. The predicted molar refractivity (Wildman–Crippen MR) is 35.6 cm³/mol. The van der Waals surface area contributed by atoms with Crippen molar-refractivity contribution in [1.82, 2.24) is 15.5 Å². The maximum atomic E-state index is 10.9. The van der Waals surface area contributed by atoms with Crippen molar-refractivity contribution >= 4 is 5.91 Å². The Kier molecular flexibility index (Phi) is 6.32. The Morgan fingerprint density at radius 3 is 3.00 bits per heavy atom. The maximum absolute atomic E-state index is 10.9. The topological polar surface area (TPSA) is 56.1 Å². The molecule has 0 saturated carbocycles. The van der Waals surface area contributed by atoms with Gasteiger partial charge in [0, 0.05) is 18.3 Å². The summed E-state index contributed by atoms with van der Waals surface area (Å²) in [6, 6.07) is 0. The molecule has 0 aromatic carbocycles. The Morgan fingerprint density at radius 1 is 1.82 bits per heavy atom. The van der Waals surface area contributed by atoms with E-state index >= 15 is 0 Å². The van der Waals surface area contributed by atoms with Gasteiger partial charge in [0.1, 0.15) is 0 Å². The van der Waals surface area contributed by atoms with Gasteiger partial charge in [0.2, 0.25) is 0 Å². The Labute approximate surface area is 114 Å². The van der Waals surface area contributed by atoms with Crippen molar-refractivity contribution in [3.05, 3.63) is 18.0 Å². The Hall–Kier alpha value is 0.485. The smallest absolute Gasteiger partial charge is 0.581 e. The monoisotopic (exact) mass is 223 g/mol. The molecule has 1 aromatic heterocycles. The van der Waals surface area contributed by atoms with E-state index in [9.17, 15) is 4.79 Å². The molecule has 1 rings (SSSR count). The zero-order valence-electron chi connectivity index (χ0n) is 6.66. The normalized spacial score (nSPS) is 8.45. The largest absolute Gasteiger partial charge is 1.00 e. The molecule has 1 heterocycles. The van der Waals surface area contributed by atoms with Gasteiger partial charge in [0.15, 0.2) is 0 Å². The summed E-state index contributed by atoms with van der Waals surface area (Å²) in [7, 11) is 0. The van der Waals surface area contributed by atoms with Gasteiger partial charge in [-0.15, -0.1) is 6.20 Å². The molecule has 0 unspecified atom stereocenters. The van der Waals surface area contributed by atoms with Crippen LogP contribution < -0.4 is 68.6 Å². The van der Waals surface area contributed by atoms with Crippen LogP contribution in [-0.2, 0) is 0 Å². The van der Waals surface area contributed by atoms with E-state index < -0.39 is 0 Å². The first-order valence-corrected chi connectivity index (χ1v) is 3.06. The molecule has 54 valence electrons. The number of carbonyl (C=O) groups excluding carboxylic acids is 1. The summed E-state index contributed by atoms with van der Waals surface area (Å²) in [4.78, 5) is 10.9. The van der Waals surface area contributed by atoms with Gasteiger partial charge in [-0.1, -0.05) is 0 Å². The van der Waals surface area contributed by atoms with Gasteiger partial charge in [-0.3, -0.25) is 4.79 Å². The van der Waals surface area contributed by atoms with Crippen molar-refractivity contribution in [3.63, 3.8) is 0 Å². The second-order valence-corrected chi connectivity index (χ2v) is 1.80. The van der Waals surface area contributed by atoms with E-state index in [0.717, 1.165) is 0 Å². The molecule has 11 heavy (non-hydrogen) atoms. The zero-order chi connectivity index (χ0) is 7.40. The molecular formula is C6H8N3ORb. The van der Waals surface area contributed by atoms with Gasteiger partial charge < -0.3 is 15.5 Å². The molecule has 0 aliphatic carbocycles. The Bertz CT molecular complexity index is 210. The third-order valence-corrected chi connectivity index (χ3v) is 1.06. The van der Waals surface area contributed by atoms with E-state index in [1.807, 2.05) is 6.92 Å². The van der Waals surface area contributed by atoms with E-state index in [4.69, 9.17) is 0 Å². The van der Waals surface area contributed by atoms with E-state index in [1.165, 1.54) is 12.4 Å². The molecular weight excluding hydrogens is 216 g/mol. The predicted octanol–water partition coefficient (Wildman–Crippen LogP) is -3.21. The van der Waals surface area contributed by atoms with Crippen LogP contribution in [0.5, 0.6) is 0 Å². The van der Waals surface area contributed by atoms with Crippen molar-refractivity contribution in [2.45, 2.75) is 6.92 Å². The minimum absolute atomic E-state index is 0. The van der Waals surface area contributed by atoms with Crippen LogP contribution in [0.3, 0.4) is 0 Å². The fourth-order valence-electron chi connectivity index (χ4n) is 0.604. The van der Waals surface area contributed by atoms with Crippen molar-refractivity contribution in [2.24, 2.45) is 0 Å². The second kappa shape index (κ2) is 6.05. The minimum Gasteiger partial charge on any atom is -0.581 e. The number of carbonyl (C=O) groups is 1. The van der Waals surface area contributed by atoms with Gasteiger partial charge in [-0.05, 0) is 6.92 Å². The minimum atomic E-state index is -0.118. The van der Waals surface area contributed by atoms with Gasteiger partial charge in [-0.25, -0.2) is 0 Å². The van der Waals surface area contributed by atoms with E-state index in [1.54, 1.807) is 0 Å². The average molecular weight is 224 g/mol. The standard InChI is InChI=1S/C6H9N3O.Rb/c1-2-7-6(10)5-3-8-9-4-5;/h3-4H,2H2,1H3,(H2,7,8,9,10);/q;+1/p-1. The van der Waals surface area contributed by atoms with Crippen LogP contribution in [0.1, 0.15) is 17.3 Å². The Morgan fingerprint density at radius 2 is 2.55 bits per heavy atom. The van der Waals surface area contributed by atoms with Crippen LogP contribution in [0.25, 0.3) is 0 Å². The van der Waals surface area contributed by atoms with E-state index in [0.29, 0.717) is 12.1 Å². The number of amides is 1. The second-order valence-electron chi connectivity index (χ2n) is 1.80. The first kappa shape index (κ1) is 11.5. The molecule has 5 heteroatoms. The molecule has 0 fully saturated rings. The van der Waals surface area contributed by atoms with Crippen LogP contribution in [-0.4, -0.2) is 17.6 Å². The van der Waals surface area contributed by atoms with E-state index in [2.05, 4.69) is 15.5 Å². The fraction of sp³-hybridized carbons (Fsp3) is 0.333. The SMILES string of the molecule is CCNC(=O)c1cn[n-]c1.[Rb+]. The number of nitrogens with one attached hydrogen (secondary N) is 1. The molecule has 0 bridgehead atoms. The molecule has 0 aliphatic heterocycles. The summed E-state index contributed by atoms with van der Waals surface area (Å²) in [5, 5.41) is 9.66. The third kappa shape index (κ3) is 3.60. The van der Waals surface area contributed by atoms with Crippen LogP contribution >= 0.6 is 0 Å². The molecule has 4 nitrogen and oxygen atoms in total. The third-order valence-electron chi connectivity index (χ3n) is 1.06. The van der Waals surface area contributed by atoms with Gasteiger partial charge in [-0.2, -0.15) is 0 Å². The van der Waals surface area contributed by atoms with Crippen LogP contribution in [0, 0.1) is 0 Å². The molecule has 0 aliphatic rings. The molecule has 1 aromatic rings. The number of nitrogens with zero attached hydrogens (tertiary/aromatic N) is 2. The number of hydrogen-bond acceptors (Lipinski definition) is 2. The van der Waals surface area contributed by atoms with Crippen molar-refractivity contribution in [2.75, 3.05) is 6.54 Å². The van der Waals surface area contributed by atoms with Crippen molar-refractivity contribution in [1.29, 1.82) is 0 Å². The first-order chi connectivity index (χ1) is 4.84. The molecule has 0 atom stereocenters. The van der Waals surface area contributed by atoms with Crippen LogP contribution in [0.2, 0.25) is 0 Å². The first-order valence-electron chi connectivity index (χ1n) is 3.06. The number of aromatic nitrogens is 2. The maximum Gasteiger partial charge on any atom is 1.00 e. The summed E-state index contributed by atoms with van der Waals surface area (Å²) in [5.41, 5.74) is 0.516. The average Bonchev–Trinajstić information content (AvgIpc) is 2.38. The van der Waals surface area contributed by atoms with Crippen molar-refractivity contribution in [3.8, 4) is 0 Å². The zero-order valence-corrected chi connectivity index (χ0v) is 11.6. The van der Waals surface area contributed by atoms with Gasteiger partial charge >= 0.3 is 58.2 Å². The molecule has 0 saturated heterocycles. The van der Waals surface area contributed by atoms with Crippen LogP contribution in [0.15, 0.2) is 12.4 Å². The summed E-state index contributed by atoms with van der Waals surface area (Å²) in [6.45, 7) is 2.49. The summed E-state index contributed by atoms with van der Waals surface area (Å²) in [6.07, 6.45) is 2.87. The van der Waals surface area contributed by atoms with E-state index in [-0.39, 0.29) is 64.1 Å². The van der Waals surface area contributed by atoms with Gasteiger partial charge in [0.25, 0.3) is 5.91 Å². The van der Waals surface area contributed by atoms with Gasteiger partial charge in [0.05, 0.1) is 0 Å². The number of rotatable bonds is 2. The summed E-state index contributed by atoms with van der Waals surface area (Å²) in [5.74, 6) is -0.118. The van der Waals surface area contributed by atoms with Crippen LogP contribution in [0.4, 0.5) is 0 Å².